The molecule has 0 aromatic rings. The van der Waals surface area contributed by atoms with Gasteiger partial charge in [0.15, 0.2) is 5.78 Å². The molecule has 0 amide bonds. The van der Waals surface area contributed by atoms with Crippen LogP contribution in [0.1, 0.15) is 139 Å². The van der Waals surface area contributed by atoms with E-state index in [0.29, 0.717) is 81.0 Å². The van der Waals surface area contributed by atoms with Gasteiger partial charge in [0.1, 0.15) is 12.5 Å². The summed E-state index contributed by atoms with van der Waals surface area (Å²) in [6.45, 7) is 23.6. The number of Topliss-reactive ketones (excluding diaryl/α,β-unsaturated/α-hetero) is 1. The minimum atomic E-state index is -1.24. The van der Waals surface area contributed by atoms with Crippen molar-refractivity contribution in [1.29, 1.82) is 0 Å². The van der Waals surface area contributed by atoms with Crippen molar-refractivity contribution in [3.63, 3.8) is 0 Å². The first-order valence-corrected chi connectivity index (χ1v) is 24.1. The molecular formula is C55H71MgN4O6+. The molecule has 0 aromatic carbocycles. The summed E-state index contributed by atoms with van der Waals surface area (Å²) in [5.74, 6) is -0.781. The quantitative estimate of drug-likeness (QED) is 0.0421. The summed E-state index contributed by atoms with van der Waals surface area (Å²) in [6, 6.07) is 0. The van der Waals surface area contributed by atoms with E-state index in [4.69, 9.17) is 24.5 Å². The van der Waals surface area contributed by atoms with Crippen molar-refractivity contribution in [1.82, 2.24) is 5.32 Å². The zero-order valence-electron chi connectivity index (χ0n) is 41.3. The van der Waals surface area contributed by atoms with Crippen LogP contribution in [0.15, 0.2) is 131 Å². The molecule has 10 nitrogen and oxygen atoms in total. The number of carbonyl (C=O) groups is 3. The van der Waals surface area contributed by atoms with E-state index in [1.54, 1.807) is 6.08 Å². The molecule has 6 rings (SSSR count). The smallest absolute Gasteiger partial charge is 0.877 e. The van der Waals surface area contributed by atoms with Gasteiger partial charge >= 0.3 is 35.0 Å². The first-order valence-electron chi connectivity index (χ1n) is 24.1. The molecule has 0 aromatic heterocycles. The SMILES string of the molecule is C=CC1=C(C)C2=NC1=CC1=NC(=C(CC)C1=C[O-])C=C1N=C3C(=C1C)C(=O)C(C(=O)OC)C3=C1NC(=C2)[C@@H](C)[C@@H]1CCC(=O)OC/C=C(\C)CCCC(C)CCCC(C)CCCC(C)C.[Mg+2]. The third-order valence-electron chi connectivity index (χ3n) is 14.2. The van der Waals surface area contributed by atoms with Crippen molar-refractivity contribution in [2.75, 3.05) is 13.7 Å². The summed E-state index contributed by atoms with van der Waals surface area (Å²) < 4.78 is 11.0. The van der Waals surface area contributed by atoms with Gasteiger partial charge in [-0.05, 0) is 111 Å². The molecule has 0 radical (unpaired) electrons. The van der Waals surface area contributed by atoms with E-state index in [1.807, 2.05) is 45.1 Å². The Hall–Kier alpha value is -4.61. The Morgan fingerprint density at radius 3 is 2.23 bits per heavy atom. The van der Waals surface area contributed by atoms with Gasteiger partial charge in [0.25, 0.3) is 0 Å². The average Bonchev–Trinajstić information content (AvgIpc) is 4.02. The number of nitrogens with one attached hydrogen (secondary N) is 1. The zero-order valence-corrected chi connectivity index (χ0v) is 42.7. The number of carbonyl (C=O) groups excluding carboxylic acids is 3. The summed E-state index contributed by atoms with van der Waals surface area (Å²) >= 11 is 0. The van der Waals surface area contributed by atoms with Gasteiger partial charge in [-0.1, -0.05) is 105 Å². The summed E-state index contributed by atoms with van der Waals surface area (Å²) in [4.78, 5) is 56.4. The van der Waals surface area contributed by atoms with Gasteiger partial charge in [-0.3, -0.25) is 14.4 Å². The molecule has 1 saturated carbocycles. The largest absolute Gasteiger partial charge is 2.00 e. The van der Waals surface area contributed by atoms with Crippen LogP contribution in [0.25, 0.3) is 0 Å². The molecule has 8 bridgehead atoms. The molecule has 0 spiro atoms. The van der Waals surface area contributed by atoms with Crippen LogP contribution in [0.4, 0.5) is 0 Å². The Morgan fingerprint density at radius 1 is 0.909 bits per heavy atom. The molecule has 5 aliphatic heterocycles. The normalized spacial score (nSPS) is 22.8. The number of nitrogens with zero attached hydrogens (tertiary/aromatic N) is 3. The number of allylic oxidation sites excluding steroid dienone is 12. The van der Waals surface area contributed by atoms with Gasteiger partial charge in [0.2, 0.25) is 0 Å². The number of hydrogen-bond acceptors (Lipinski definition) is 10. The molecular weight excluding hydrogens is 837 g/mol. The van der Waals surface area contributed by atoms with Gasteiger partial charge in [0, 0.05) is 46.4 Å². The number of methoxy groups -OCH3 is 1. The van der Waals surface area contributed by atoms with Crippen LogP contribution in [0.2, 0.25) is 0 Å². The van der Waals surface area contributed by atoms with Gasteiger partial charge in [0.05, 0.1) is 41.3 Å². The molecule has 5 atom stereocenters. The van der Waals surface area contributed by atoms with Crippen LogP contribution in [0.3, 0.4) is 0 Å². The first-order chi connectivity index (χ1) is 31.1. The fourth-order valence-electron chi connectivity index (χ4n) is 10.1. The molecule has 348 valence electrons. The molecule has 3 unspecified atom stereocenters. The molecule has 11 heteroatoms. The fraction of sp³-hybridized carbons (Fsp3) is 0.527. The van der Waals surface area contributed by atoms with Crippen molar-refractivity contribution in [2.24, 2.45) is 50.5 Å². The molecule has 2 fully saturated rings. The fourth-order valence-corrected chi connectivity index (χ4v) is 10.1. The van der Waals surface area contributed by atoms with E-state index in [0.717, 1.165) is 53.4 Å². The Bertz CT molecular complexity index is 2360. The molecule has 1 N–H and O–H groups in total. The van der Waals surface area contributed by atoms with Crippen molar-refractivity contribution in [2.45, 2.75) is 139 Å². The summed E-state index contributed by atoms with van der Waals surface area (Å²) in [6.07, 6.45) is 22.5. The number of ketones is 1. The number of hydrogen-bond donors (Lipinski definition) is 1. The van der Waals surface area contributed by atoms with Crippen molar-refractivity contribution in [3.05, 3.63) is 116 Å². The van der Waals surface area contributed by atoms with Gasteiger partial charge in [-0.2, -0.15) is 0 Å². The Balaban J connectivity index is 0.00000817. The number of esters is 2. The molecule has 5 heterocycles. The van der Waals surface area contributed by atoms with E-state index in [-0.39, 0.29) is 59.7 Å². The van der Waals surface area contributed by atoms with Gasteiger partial charge in [-0.25, -0.2) is 15.0 Å². The second-order valence-corrected chi connectivity index (χ2v) is 19.4. The maximum absolute atomic E-state index is 14.4. The van der Waals surface area contributed by atoms with E-state index < -0.39 is 11.9 Å². The summed E-state index contributed by atoms with van der Waals surface area (Å²) in [5, 5.41) is 16.2. The van der Waals surface area contributed by atoms with Crippen molar-refractivity contribution >= 4 is 57.9 Å². The van der Waals surface area contributed by atoms with Crippen LogP contribution in [-0.2, 0) is 23.9 Å². The Kier molecular flexibility index (Phi) is 18.6. The maximum Gasteiger partial charge on any atom is 2.00 e. The predicted molar refractivity (Wildman–Crippen MR) is 265 cm³/mol. The summed E-state index contributed by atoms with van der Waals surface area (Å²) in [5.41, 5.74) is 10.4. The molecule has 1 saturated heterocycles. The monoisotopic (exact) mass is 908 g/mol. The van der Waals surface area contributed by atoms with E-state index in [9.17, 15) is 19.5 Å². The topological polar surface area (TPSA) is 142 Å². The molecule has 1 aliphatic carbocycles. The average molecular weight is 908 g/mol. The Labute approximate surface area is 410 Å². The van der Waals surface area contributed by atoms with Crippen molar-refractivity contribution in [3.8, 4) is 0 Å². The minimum Gasteiger partial charge on any atom is -0.877 e. The maximum atomic E-state index is 14.4. The van der Waals surface area contributed by atoms with Crippen LogP contribution < -0.4 is 10.4 Å². The van der Waals surface area contributed by atoms with Gasteiger partial charge < -0.3 is 19.9 Å². The van der Waals surface area contributed by atoms with E-state index >= 15 is 0 Å². The third-order valence-corrected chi connectivity index (χ3v) is 14.2. The summed E-state index contributed by atoms with van der Waals surface area (Å²) in [7, 11) is 1.28. The minimum absolute atomic E-state index is 0. The van der Waals surface area contributed by atoms with E-state index in [2.05, 4.69) is 53.4 Å². The second kappa shape index (κ2) is 23.4. The second-order valence-electron chi connectivity index (χ2n) is 19.4. The zero-order chi connectivity index (χ0) is 47.1. The number of fused-ring (bicyclic) bond motifs is 5. The first kappa shape index (κ1) is 52.4. The van der Waals surface area contributed by atoms with Crippen LogP contribution >= 0.6 is 0 Å². The van der Waals surface area contributed by atoms with Gasteiger partial charge in [-0.15, -0.1) is 6.26 Å². The van der Waals surface area contributed by atoms with Crippen LogP contribution in [-0.4, -0.2) is 71.6 Å². The van der Waals surface area contributed by atoms with E-state index in [1.165, 1.54) is 57.6 Å². The Morgan fingerprint density at radius 2 is 1.59 bits per heavy atom. The number of ether oxygens (including phenoxy) is 2. The third kappa shape index (κ3) is 11.6. The number of aliphatic imine (C=N–C) groups is 3. The number of rotatable bonds is 20. The van der Waals surface area contributed by atoms with Crippen molar-refractivity contribution < 1.29 is 29.0 Å². The van der Waals surface area contributed by atoms with Crippen LogP contribution in [0.5, 0.6) is 0 Å². The predicted octanol–water partition coefficient (Wildman–Crippen LogP) is 10.6. The molecule has 66 heavy (non-hydrogen) atoms. The standard InChI is InChI=1S/C55H72N4O6.Mg/c1-12-38-35(8)42-27-43-36(9)40(23-24-48(61)65-26-25-34(7)22-16-21-33(6)20-15-19-32(5)18-14-17-31(3)4)52(58-43)50-51(55(63)64-11)54(62)49-37(10)44(59-53(49)50)28-46-39(13-2)41(30-60)47(57-46)29-45(38)56-42;/h12,25,27-33,36,40,51,58,60H,1,13-24,26H2,2-11H3;/q;+2/p-1/b34-25+,41-30?,43-27?,44-28?,45-29?,52-50?;/t32?,33?,36-,40-,51?;/m0./s1. The van der Waals surface area contributed by atoms with Crippen LogP contribution in [0, 0.1) is 35.5 Å². The molecule has 6 aliphatic rings.